The van der Waals surface area contributed by atoms with Crippen molar-refractivity contribution in [1.29, 1.82) is 0 Å². The topological polar surface area (TPSA) is 27.7 Å². The van der Waals surface area contributed by atoms with E-state index in [0.29, 0.717) is 6.61 Å². The molecule has 0 saturated carbocycles. The van der Waals surface area contributed by atoms with Crippen molar-refractivity contribution in [3.05, 3.63) is 10.2 Å². The molecule has 25 heavy (non-hydrogen) atoms. The van der Waals surface area contributed by atoms with Gasteiger partial charge < -0.3 is 0 Å². The number of hydrogen-bond acceptors (Lipinski definition) is 3. The van der Waals surface area contributed by atoms with Crippen molar-refractivity contribution in [1.82, 2.24) is 0 Å². The van der Waals surface area contributed by atoms with Gasteiger partial charge in [0.25, 0.3) is 0 Å². The molecule has 4 heteroatoms. The normalized spacial score (nSPS) is 13.0. The summed E-state index contributed by atoms with van der Waals surface area (Å²) in [4.78, 5) is 10.5. The molecule has 0 unspecified atom stereocenters. The maximum atomic E-state index is 5.27. The van der Waals surface area contributed by atoms with Crippen LogP contribution in [0.15, 0.2) is 10.2 Å². The molecule has 0 amide bonds. The molecule has 0 spiro atoms. The summed E-state index contributed by atoms with van der Waals surface area (Å²) in [5, 5.41) is 0. The predicted octanol–water partition coefficient (Wildman–Crippen LogP) is 7.04. The van der Waals surface area contributed by atoms with Crippen molar-refractivity contribution in [3.8, 4) is 0 Å². The third-order valence-corrected chi connectivity index (χ3v) is 19.2. The van der Waals surface area contributed by atoms with Gasteiger partial charge in [0.15, 0.2) is 0 Å². The SMILES string of the molecule is CCC[CH2][Sn](/[CH]=C/CCCOOC(C)(C)OC)([CH2]CCC)[CH2]CCC. The van der Waals surface area contributed by atoms with Crippen molar-refractivity contribution < 1.29 is 14.5 Å². The molecule has 0 aliphatic heterocycles. The van der Waals surface area contributed by atoms with Gasteiger partial charge >= 0.3 is 162 Å². The zero-order valence-electron chi connectivity index (χ0n) is 17.9. The maximum absolute atomic E-state index is 5.27. The second kappa shape index (κ2) is 15.5. The molecule has 0 fully saturated rings. The zero-order valence-corrected chi connectivity index (χ0v) is 20.7. The molecule has 0 atom stereocenters. The summed E-state index contributed by atoms with van der Waals surface area (Å²) in [5.74, 6) is -0.665. The summed E-state index contributed by atoms with van der Waals surface area (Å²) in [6.07, 6.45) is 12.9. The molecule has 0 aromatic rings. The van der Waals surface area contributed by atoms with Crippen molar-refractivity contribution in [2.24, 2.45) is 0 Å². The van der Waals surface area contributed by atoms with E-state index in [9.17, 15) is 0 Å². The Morgan fingerprint density at radius 3 is 1.80 bits per heavy atom. The van der Waals surface area contributed by atoms with Gasteiger partial charge in [-0.1, -0.05) is 0 Å². The van der Waals surface area contributed by atoms with Crippen LogP contribution in [0.2, 0.25) is 13.3 Å². The van der Waals surface area contributed by atoms with Crippen LogP contribution in [0.25, 0.3) is 0 Å². The fourth-order valence-electron chi connectivity index (χ4n) is 3.02. The van der Waals surface area contributed by atoms with E-state index in [-0.39, 0.29) is 0 Å². The number of hydrogen-bond donors (Lipinski definition) is 0. The van der Waals surface area contributed by atoms with Crippen molar-refractivity contribution >= 4 is 18.4 Å². The molecular formula is C21H44O3Sn. The number of allylic oxidation sites excluding steroid dienone is 1. The summed E-state index contributed by atoms with van der Waals surface area (Å²) in [7, 11) is 1.63. The van der Waals surface area contributed by atoms with Crippen molar-refractivity contribution in [2.75, 3.05) is 13.7 Å². The Labute approximate surface area is 161 Å². The van der Waals surface area contributed by atoms with E-state index in [2.05, 4.69) is 30.9 Å². The number of ether oxygens (including phenoxy) is 1. The minimum absolute atomic E-state index is 0.624. The quantitative estimate of drug-likeness (QED) is 0.0762. The van der Waals surface area contributed by atoms with Gasteiger partial charge in [0.2, 0.25) is 0 Å². The van der Waals surface area contributed by atoms with E-state index in [0.717, 1.165) is 12.8 Å². The van der Waals surface area contributed by atoms with Crippen LogP contribution in [0.3, 0.4) is 0 Å². The fraction of sp³-hybridized carbons (Fsp3) is 0.905. The molecule has 0 radical (unpaired) electrons. The number of rotatable bonds is 17. The second-order valence-electron chi connectivity index (χ2n) is 7.73. The van der Waals surface area contributed by atoms with Crippen LogP contribution in [0.5, 0.6) is 0 Å². The molecule has 0 aromatic heterocycles. The fourth-order valence-corrected chi connectivity index (χ4v) is 17.5. The molecule has 0 heterocycles. The van der Waals surface area contributed by atoms with Crippen LogP contribution in [-0.2, 0) is 14.5 Å². The first-order chi connectivity index (χ1) is 11.9. The number of unbranched alkanes of at least 4 members (excludes halogenated alkanes) is 4. The Morgan fingerprint density at radius 2 is 1.36 bits per heavy atom. The molecule has 0 rings (SSSR count). The Hall–Kier alpha value is 0.419. The Balaban J connectivity index is 4.42. The summed E-state index contributed by atoms with van der Waals surface area (Å²) < 4.78 is 12.6. The molecule has 3 nitrogen and oxygen atoms in total. The second-order valence-corrected chi connectivity index (χ2v) is 20.7. The average Bonchev–Trinajstić information content (AvgIpc) is 2.61. The van der Waals surface area contributed by atoms with E-state index < -0.39 is 24.2 Å². The van der Waals surface area contributed by atoms with Crippen LogP contribution in [0.4, 0.5) is 0 Å². The standard InChI is InChI=1S/C9H17O3.3C4H9.Sn/c1-5-6-7-8-11-12-9(2,3)10-4;3*1-3-4-2;/h1,5H,6-8H2,2-4H3;3*1,3-4H2,2H3;. The third kappa shape index (κ3) is 13.3. The van der Waals surface area contributed by atoms with Gasteiger partial charge in [0.1, 0.15) is 0 Å². The van der Waals surface area contributed by atoms with Gasteiger partial charge in [-0.2, -0.15) is 0 Å². The van der Waals surface area contributed by atoms with Crippen molar-refractivity contribution in [2.45, 2.75) is 105 Å². The molecule has 0 bridgehead atoms. The van der Waals surface area contributed by atoms with Gasteiger partial charge in [-0.3, -0.25) is 0 Å². The van der Waals surface area contributed by atoms with E-state index >= 15 is 0 Å². The van der Waals surface area contributed by atoms with Gasteiger partial charge in [-0.05, 0) is 0 Å². The molecule has 0 saturated heterocycles. The van der Waals surface area contributed by atoms with Gasteiger partial charge in [-0.25, -0.2) is 0 Å². The molecule has 150 valence electrons. The predicted molar refractivity (Wildman–Crippen MR) is 111 cm³/mol. The Morgan fingerprint density at radius 1 is 0.840 bits per heavy atom. The average molecular weight is 463 g/mol. The molecule has 0 aromatic carbocycles. The first-order valence-corrected chi connectivity index (χ1v) is 18.2. The zero-order chi connectivity index (χ0) is 19.0. The molecule has 0 N–H and O–H groups in total. The van der Waals surface area contributed by atoms with Crippen molar-refractivity contribution in [3.63, 3.8) is 0 Å². The third-order valence-electron chi connectivity index (χ3n) is 4.91. The summed E-state index contributed by atoms with van der Waals surface area (Å²) >= 11 is -2.08. The van der Waals surface area contributed by atoms with E-state index in [4.69, 9.17) is 14.5 Å². The summed E-state index contributed by atoms with van der Waals surface area (Å²) in [6, 6.07) is 0. The van der Waals surface area contributed by atoms with Gasteiger partial charge in [0.05, 0.1) is 0 Å². The molecule has 0 aliphatic rings. The summed E-state index contributed by atoms with van der Waals surface area (Å²) in [5.41, 5.74) is 0. The molecular weight excluding hydrogens is 419 g/mol. The van der Waals surface area contributed by atoms with Crippen LogP contribution in [-0.4, -0.2) is 37.9 Å². The number of methoxy groups -OCH3 is 1. The van der Waals surface area contributed by atoms with Crippen LogP contribution >= 0.6 is 0 Å². The minimum atomic E-state index is -2.08. The van der Waals surface area contributed by atoms with E-state index in [1.807, 2.05) is 13.8 Å². The van der Waals surface area contributed by atoms with Crippen LogP contribution in [0.1, 0.15) is 86.0 Å². The van der Waals surface area contributed by atoms with Gasteiger partial charge in [0, 0.05) is 0 Å². The first-order valence-electron chi connectivity index (χ1n) is 10.5. The molecule has 0 aliphatic carbocycles. The van der Waals surface area contributed by atoms with Crippen LogP contribution < -0.4 is 0 Å². The Bertz CT molecular complexity index is 307. The first kappa shape index (κ1) is 25.4. The van der Waals surface area contributed by atoms with Crippen LogP contribution in [0, 0.1) is 0 Å². The van der Waals surface area contributed by atoms with E-state index in [1.54, 1.807) is 20.4 Å². The summed E-state index contributed by atoms with van der Waals surface area (Å²) in [6.45, 7) is 11.3. The van der Waals surface area contributed by atoms with Gasteiger partial charge in [-0.15, -0.1) is 0 Å². The van der Waals surface area contributed by atoms with E-state index in [1.165, 1.54) is 38.5 Å². The Kier molecular flexibility index (Phi) is 15.7. The monoisotopic (exact) mass is 464 g/mol.